The fourth-order valence-electron chi connectivity index (χ4n) is 2.20. The van der Waals surface area contributed by atoms with E-state index >= 15 is 0 Å². The maximum absolute atomic E-state index is 11.7. The van der Waals surface area contributed by atoms with Crippen molar-refractivity contribution in [3.63, 3.8) is 0 Å². The molecule has 8 heteroatoms. The number of aryl methyl sites for hydroxylation is 1. The fraction of sp³-hybridized carbons (Fsp3) is 0.533. The van der Waals surface area contributed by atoms with Crippen molar-refractivity contribution in [3.05, 3.63) is 29.8 Å². The number of methoxy groups -OCH3 is 1. The Kier molecular flexibility index (Phi) is 5.91. The number of hydrogen-bond acceptors (Lipinski definition) is 7. The maximum atomic E-state index is 11.7. The molecule has 8 nitrogen and oxygen atoms in total. The second kappa shape index (κ2) is 7.71. The van der Waals surface area contributed by atoms with Crippen LogP contribution in [-0.2, 0) is 14.2 Å². The molecule has 0 aromatic heterocycles. The van der Waals surface area contributed by atoms with Crippen molar-refractivity contribution in [2.24, 2.45) is 0 Å². The van der Waals surface area contributed by atoms with Gasteiger partial charge in [0.15, 0.2) is 6.29 Å². The molecular weight excluding hydrogens is 306 g/mol. The molecule has 1 aromatic carbocycles. The lowest BCUT2D eigenvalue weighted by Gasteiger charge is -2.39. The predicted molar refractivity (Wildman–Crippen MR) is 79.8 cm³/mol. The Morgan fingerprint density at radius 2 is 1.83 bits per heavy atom. The Bertz CT molecular complexity index is 519. The number of ether oxygens (including phenoxy) is 3. The maximum Gasteiger partial charge on any atom is 0.411 e. The summed E-state index contributed by atoms with van der Waals surface area (Å²) in [5.41, 5.74) is 1.62. The van der Waals surface area contributed by atoms with E-state index in [0.717, 1.165) is 5.56 Å². The molecule has 1 aromatic rings. The summed E-state index contributed by atoms with van der Waals surface area (Å²) >= 11 is 0. The van der Waals surface area contributed by atoms with E-state index < -0.39 is 36.8 Å². The number of carbonyl (C=O) groups is 1. The summed E-state index contributed by atoms with van der Waals surface area (Å²) in [6.07, 6.45) is -7.08. The highest BCUT2D eigenvalue weighted by Gasteiger charge is 2.44. The van der Waals surface area contributed by atoms with Crippen molar-refractivity contribution in [2.75, 3.05) is 19.0 Å². The summed E-state index contributed by atoms with van der Waals surface area (Å²) in [6.45, 7) is 1.62. The Balaban J connectivity index is 1.86. The van der Waals surface area contributed by atoms with Crippen molar-refractivity contribution in [2.45, 2.75) is 37.6 Å². The molecule has 1 fully saturated rings. The molecule has 0 radical (unpaired) electrons. The van der Waals surface area contributed by atoms with Crippen LogP contribution in [0.15, 0.2) is 24.3 Å². The van der Waals surface area contributed by atoms with E-state index in [1.807, 2.05) is 19.1 Å². The molecule has 0 unspecified atom stereocenters. The van der Waals surface area contributed by atoms with E-state index in [-0.39, 0.29) is 6.61 Å². The smallest absolute Gasteiger partial charge is 0.411 e. The highest BCUT2D eigenvalue weighted by atomic mass is 16.7. The fourth-order valence-corrected chi connectivity index (χ4v) is 2.20. The number of benzene rings is 1. The van der Waals surface area contributed by atoms with Crippen LogP contribution in [0.5, 0.6) is 0 Å². The number of amides is 1. The number of aliphatic hydroxyl groups is 3. The van der Waals surface area contributed by atoms with Crippen LogP contribution in [0.1, 0.15) is 5.56 Å². The third-order valence-corrected chi connectivity index (χ3v) is 3.58. The Labute approximate surface area is 133 Å². The Hall–Kier alpha value is -1.71. The monoisotopic (exact) mass is 327 g/mol. The minimum atomic E-state index is -1.46. The van der Waals surface area contributed by atoms with Gasteiger partial charge < -0.3 is 29.5 Å². The predicted octanol–water partition coefficient (Wildman–Crippen LogP) is -0.00248. The second-order valence-corrected chi connectivity index (χ2v) is 5.34. The van der Waals surface area contributed by atoms with Crippen molar-refractivity contribution < 1.29 is 34.3 Å². The average molecular weight is 327 g/mol. The van der Waals surface area contributed by atoms with Crippen molar-refractivity contribution in [3.8, 4) is 0 Å². The molecule has 1 amide bonds. The summed E-state index contributed by atoms with van der Waals surface area (Å²) in [6, 6.07) is 7.13. The largest absolute Gasteiger partial charge is 0.446 e. The minimum Gasteiger partial charge on any atom is -0.446 e. The molecule has 1 saturated heterocycles. The third kappa shape index (κ3) is 4.40. The standard InChI is InChI=1S/C15H21NO7/c1-8-3-5-9(6-4-8)16-15(20)22-7-10-11(17)12(18)13(19)14(21-2)23-10/h3-6,10-14,17-19H,7H2,1-2H3,(H,16,20)/t10-,11-,12+,13-,14+/m1/s1. The minimum absolute atomic E-state index is 0.303. The normalized spacial score (nSPS) is 30.7. The lowest BCUT2D eigenvalue weighted by atomic mass is 9.99. The number of hydrogen-bond donors (Lipinski definition) is 4. The number of anilines is 1. The van der Waals surface area contributed by atoms with E-state index in [1.165, 1.54) is 7.11 Å². The summed E-state index contributed by atoms with van der Waals surface area (Å²) < 4.78 is 15.1. The molecule has 0 bridgehead atoms. The quantitative estimate of drug-likeness (QED) is 0.615. The second-order valence-electron chi connectivity index (χ2n) is 5.34. The zero-order valence-electron chi connectivity index (χ0n) is 12.9. The molecular formula is C15H21NO7. The third-order valence-electron chi connectivity index (χ3n) is 3.58. The van der Waals surface area contributed by atoms with Crippen LogP contribution in [0.4, 0.5) is 10.5 Å². The summed E-state index contributed by atoms with van der Waals surface area (Å²) in [5.74, 6) is 0. The molecule has 23 heavy (non-hydrogen) atoms. The van der Waals surface area contributed by atoms with Gasteiger partial charge in [-0.3, -0.25) is 5.32 Å². The number of nitrogens with one attached hydrogen (secondary N) is 1. The molecule has 0 aliphatic carbocycles. The molecule has 0 saturated carbocycles. The van der Waals surface area contributed by atoms with E-state index in [4.69, 9.17) is 14.2 Å². The van der Waals surface area contributed by atoms with Crippen LogP contribution in [0, 0.1) is 6.92 Å². The van der Waals surface area contributed by atoms with E-state index in [2.05, 4.69) is 5.32 Å². The first-order valence-corrected chi connectivity index (χ1v) is 7.15. The number of aliphatic hydroxyl groups excluding tert-OH is 3. The highest BCUT2D eigenvalue weighted by molar-refractivity contribution is 5.84. The summed E-state index contributed by atoms with van der Waals surface area (Å²) in [7, 11) is 1.29. The van der Waals surface area contributed by atoms with Crippen LogP contribution in [0.2, 0.25) is 0 Å². The van der Waals surface area contributed by atoms with Gasteiger partial charge >= 0.3 is 6.09 Å². The van der Waals surface area contributed by atoms with Crippen molar-refractivity contribution in [1.29, 1.82) is 0 Å². The van der Waals surface area contributed by atoms with Crippen LogP contribution in [-0.4, -0.2) is 65.8 Å². The van der Waals surface area contributed by atoms with Crippen LogP contribution < -0.4 is 5.32 Å². The molecule has 128 valence electrons. The van der Waals surface area contributed by atoms with Crippen LogP contribution in [0.25, 0.3) is 0 Å². The zero-order chi connectivity index (χ0) is 17.0. The average Bonchev–Trinajstić information content (AvgIpc) is 2.54. The van der Waals surface area contributed by atoms with Gasteiger partial charge in [0.05, 0.1) is 0 Å². The van der Waals surface area contributed by atoms with Crippen LogP contribution in [0.3, 0.4) is 0 Å². The van der Waals surface area contributed by atoms with Gasteiger partial charge in [-0.25, -0.2) is 4.79 Å². The lowest BCUT2D eigenvalue weighted by molar-refractivity contribution is -0.294. The lowest BCUT2D eigenvalue weighted by Crippen LogP contribution is -2.59. The number of carbonyl (C=O) groups excluding carboxylic acids is 1. The van der Waals surface area contributed by atoms with Gasteiger partial charge in [-0.2, -0.15) is 0 Å². The Morgan fingerprint density at radius 1 is 1.17 bits per heavy atom. The molecule has 1 aliphatic rings. The molecule has 5 atom stereocenters. The zero-order valence-corrected chi connectivity index (χ0v) is 12.9. The van der Waals surface area contributed by atoms with Gasteiger partial charge in [0, 0.05) is 12.8 Å². The first-order valence-electron chi connectivity index (χ1n) is 7.15. The highest BCUT2D eigenvalue weighted by Crippen LogP contribution is 2.22. The van der Waals surface area contributed by atoms with Gasteiger partial charge in [0.1, 0.15) is 31.0 Å². The number of rotatable bonds is 4. The van der Waals surface area contributed by atoms with E-state index in [9.17, 15) is 20.1 Å². The molecule has 2 rings (SSSR count). The van der Waals surface area contributed by atoms with E-state index in [1.54, 1.807) is 12.1 Å². The molecule has 4 N–H and O–H groups in total. The topological polar surface area (TPSA) is 117 Å². The summed E-state index contributed by atoms with van der Waals surface area (Å²) in [4.78, 5) is 11.7. The van der Waals surface area contributed by atoms with Gasteiger partial charge in [-0.05, 0) is 19.1 Å². The van der Waals surface area contributed by atoms with Gasteiger partial charge in [0.25, 0.3) is 0 Å². The van der Waals surface area contributed by atoms with Crippen molar-refractivity contribution in [1.82, 2.24) is 0 Å². The van der Waals surface area contributed by atoms with Gasteiger partial charge in [0.2, 0.25) is 0 Å². The van der Waals surface area contributed by atoms with E-state index in [0.29, 0.717) is 5.69 Å². The SMILES string of the molecule is CO[C@H]1O[C@H](COC(=O)Nc2ccc(C)cc2)[C@@H](O)[C@H](O)[C@H]1O. The molecule has 1 aliphatic heterocycles. The van der Waals surface area contributed by atoms with Crippen LogP contribution >= 0.6 is 0 Å². The molecule has 1 heterocycles. The van der Waals surface area contributed by atoms with Gasteiger partial charge in [-0.1, -0.05) is 17.7 Å². The molecule has 0 spiro atoms. The summed E-state index contributed by atoms with van der Waals surface area (Å²) in [5, 5.41) is 31.7. The first kappa shape index (κ1) is 17.6. The van der Waals surface area contributed by atoms with Gasteiger partial charge in [-0.15, -0.1) is 0 Å². The van der Waals surface area contributed by atoms with Crippen molar-refractivity contribution >= 4 is 11.8 Å². The first-order chi connectivity index (χ1) is 10.9. The Morgan fingerprint density at radius 3 is 2.43 bits per heavy atom.